The maximum atomic E-state index is 11.5. The predicted molar refractivity (Wildman–Crippen MR) is 66.0 cm³/mol. The van der Waals surface area contributed by atoms with Crippen LogP contribution in [0.15, 0.2) is 30.3 Å². The van der Waals surface area contributed by atoms with Crippen molar-refractivity contribution >= 4 is 5.91 Å². The molecule has 1 aromatic carbocycles. The van der Waals surface area contributed by atoms with E-state index in [-0.39, 0.29) is 5.91 Å². The van der Waals surface area contributed by atoms with Gasteiger partial charge in [-0.2, -0.15) is 0 Å². The molecule has 4 heteroatoms. The van der Waals surface area contributed by atoms with Gasteiger partial charge >= 0.3 is 0 Å². The molecule has 1 amide bonds. The summed E-state index contributed by atoms with van der Waals surface area (Å²) in [5.41, 5.74) is 0. The van der Waals surface area contributed by atoms with Crippen molar-refractivity contribution in [2.24, 2.45) is 0 Å². The van der Waals surface area contributed by atoms with Crippen molar-refractivity contribution < 1.29 is 9.53 Å². The van der Waals surface area contributed by atoms with Gasteiger partial charge in [0, 0.05) is 19.6 Å². The van der Waals surface area contributed by atoms with Crippen LogP contribution < -0.4 is 10.1 Å². The molecule has 2 rings (SSSR count). The molecule has 1 saturated heterocycles. The predicted octanol–water partition coefficient (Wildman–Crippen LogP) is 0.887. The molecular weight excluding hydrogens is 216 g/mol. The van der Waals surface area contributed by atoms with Crippen LogP contribution >= 0.6 is 0 Å². The van der Waals surface area contributed by atoms with E-state index in [2.05, 4.69) is 5.32 Å². The zero-order valence-corrected chi connectivity index (χ0v) is 9.89. The van der Waals surface area contributed by atoms with E-state index in [1.54, 1.807) is 0 Å². The summed E-state index contributed by atoms with van der Waals surface area (Å²) in [6.45, 7) is 3.61. The summed E-state index contributed by atoms with van der Waals surface area (Å²) in [5.74, 6) is 1.08. The minimum absolute atomic E-state index is 0.191. The second kappa shape index (κ2) is 6.25. The number of nitrogens with one attached hydrogen (secondary N) is 1. The minimum atomic E-state index is 0.191. The number of amides is 1. The van der Waals surface area contributed by atoms with E-state index in [9.17, 15) is 4.79 Å². The smallest absolute Gasteiger partial charge is 0.236 e. The summed E-state index contributed by atoms with van der Waals surface area (Å²) in [5, 5.41) is 3.06. The normalized spacial score (nSPS) is 16.0. The van der Waals surface area contributed by atoms with Crippen LogP contribution in [-0.2, 0) is 4.79 Å². The molecule has 0 radical (unpaired) electrons. The van der Waals surface area contributed by atoms with E-state index in [0.29, 0.717) is 13.2 Å². The summed E-state index contributed by atoms with van der Waals surface area (Å²) < 4.78 is 5.58. The van der Waals surface area contributed by atoms with E-state index in [4.69, 9.17) is 4.74 Å². The Morgan fingerprint density at radius 2 is 2.12 bits per heavy atom. The van der Waals surface area contributed by atoms with Crippen LogP contribution in [0, 0.1) is 0 Å². The van der Waals surface area contributed by atoms with Crippen molar-refractivity contribution in [3.05, 3.63) is 30.3 Å². The molecule has 0 aliphatic carbocycles. The van der Waals surface area contributed by atoms with Gasteiger partial charge < -0.3 is 15.0 Å². The van der Waals surface area contributed by atoms with E-state index in [1.165, 1.54) is 0 Å². The topological polar surface area (TPSA) is 41.6 Å². The summed E-state index contributed by atoms with van der Waals surface area (Å²) in [7, 11) is 0. The highest BCUT2D eigenvalue weighted by Gasteiger charge is 2.16. The van der Waals surface area contributed by atoms with Gasteiger partial charge in [-0.3, -0.25) is 4.79 Å². The molecule has 4 nitrogen and oxygen atoms in total. The van der Waals surface area contributed by atoms with Crippen molar-refractivity contribution in [2.45, 2.75) is 6.42 Å². The molecule has 0 unspecified atom stereocenters. The third kappa shape index (κ3) is 3.75. The highest BCUT2D eigenvalue weighted by molar-refractivity contribution is 5.78. The Hall–Kier alpha value is -1.55. The number of rotatable bonds is 5. The number of hydrogen-bond donors (Lipinski definition) is 1. The van der Waals surface area contributed by atoms with Gasteiger partial charge in [-0.05, 0) is 18.6 Å². The van der Waals surface area contributed by atoms with Gasteiger partial charge in [0.15, 0.2) is 0 Å². The minimum Gasteiger partial charge on any atom is -0.494 e. The SMILES string of the molecule is O=C1CNCCN1CCCOc1ccccc1. The highest BCUT2D eigenvalue weighted by atomic mass is 16.5. The largest absolute Gasteiger partial charge is 0.494 e. The number of carbonyl (C=O) groups excluding carboxylic acids is 1. The Balaban J connectivity index is 1.64. The molecule has 1 N–H and O–H groups in total. The van der Waals surface area contributed by atoms with Crippen LogP contribution in [0.1, 0.15) is 6.42 Å². The lowest BCUT2D eigenvalue weighted by Gasteiger charge is -2.27. The summed E-state index contributed by atoms with van der Waals surface area (Å²) in [6.07, 6.45) is 0.876. The third-order valence-electron chi connectivity index (χ3n) is 2.77. The molecule has 1 heterocycles. The fourth-order valence-electron chi connectivity index (χ4n) is 1.84. The Bertz CT molecular complexity index is 354. The zero-order valence-electron chi connectivity index (χ0n) is 9.89. The molecule has 17 heavy (non-hydrogen) atoms. The molecular formula is C13H18N2O2. The Morgan fingerprint density at radius 3 is 2.88 bits per heavy atom. The van der Waals surface area contributed by atoms with Gasteiger partial charge in [0.05, 0.1) is 13.2 Å². The van der Waals surface area contributed by atoms with Gasteiger partial charge in [-0.15, -0.1) is 0 Å². The number of benzene rings is 1. The first kappa shape index (κ1) is 11.9. The lowest BCUT2D eigenvalue weighted by molar-refractivity contribution is -0.132. The third-order valence-corrected chi connectivity index (χ3v) is 2.77. The number of hydrogen-bond acceptors (Lipinski definition) is 3. The highest BCUT2D eigenvalue weighted by Crippen LogP contribution is 2.08. The number of piperazine rings is 1. The monoisotopic (exact) mass is 234 g/mol. The van der Waals surface area contributed by atoms with Gasteiger partial charge in [0.25, 0.3) is 0 Å². The molecule has 1 aliphatic rings. The maximum Gasteiger partial charge on any atom is 0.236 e. The standard InChI is InChI=1S/C13H18N2O2/c16-13-11-14-7-9-15(13)8-4-10-17-12-5-2-1-3-6-12/h1-3,5-6,14H,4,7-11H2. The zero-order chi connectivity index (χ0) is 11.9. The molecule has 1 aliphatic heterocycles. The molecule has 0 spiro atoms. The van der Waals surface area contributed by atoms with Crippen LogP contribution in [0.2, 0.25) is 0 Å². The molecule has 92 valence electrons. The van der Waals surface area contributed by atoms with Crippen molar-refractivity contribution in [3.8, 4) is 5.75 Å². The quantitative estimate of drug-likeness (QED) is 0.769. The molecule has 0 saturated carbocycles. The van der Waals surface area contributed by atoms with Gasteiger partial charge in [-0.25, -0.2) is 0 Å². The number of ether oxygens (including phenoxy) is 1. The van der Waals surface area contributed by atoms with Crippen LogP contribution in [0.3, 0.4) is 0 Å². The Kier molecular flexibility index (Phi) is 4.38. The van der Waals surface area contributed by atoms with E-state index in [1.807, 2.05) is 35.2 Å². The second-order valence-electron chi connectivity index (χ2n) is 4.07. The summed E-state index contributed by atoms with van der Waals surface area (Å²) >= 11 is 0. The first-order valence-electron chi connectivity index (χ1n) is 6.02. The molecule has 0 bridgehead atoms. The molecule has 1 fully saturated rings. The fourth-order valence-corrected chi connectivity index (χ4v) is 1.84. The van der Waals surface area contributed by atoms with E-state index >= 15 is 0 Å². The van der Waals surface area contributed by atoms with Crippen molar-refractivity contribution in [2.75, 3.05) is 32.8 Å². The van der Waals surface area contributed by atoms with Crippen LogP contribution in [0.4, 0.5) is 0 Å². The van der Waals surface area contributed by atoms with E-state index < -0.39 is 0 Å². The van der Waals surface area contributed by atoms with E-state index in [0.717, 1.165) is 31.8 Å². The van der Waals surface area contributed by atoms with Crippen molar-refractivity contribution in [3.63, 3.8) is 0 Å². The Labute approximate surface area is 102 Å². The molecule has 1 aromatic rings. The van der Waals surface area contributed by atoms with Crippen LogP contribution in [-0.4, -0.2) is 43.6 Å². The fraction of sp³-hybridized carbons (Fsp3) is 0.462. The van der Waals surface area contributed by atoms with Gasteiger partial charge in [0.2, 0.25) is 5.91 Å². The maximum absolute atomic E-state index is 11.5. The number of nitrogens with zero attached hydrogens (tertiary/aromatic N) is 1. The lowest BCUT2D eigenvalue weighted by atomic mass is 10.3. The van der Waals surface area contributed by atoms with Gasteiger partial charge in [-0.1, -0.05) is 18.2 Å². The lowest BCUT2D eigenvalue weighted by Crippen LogP contribution is -2.48. The summed E-state index contributed by atoms with van der Waals surface area (Å²) in [6, 6.07) is 9.75. The number of para-hydroxylation sites is 1. The number of carbonyl (C=O) groups is 1. The summed E-state index contributed by atoms with van der Waals surface area (Å²) in [4.78, 5) is 13.4. The Morgan fingerprint density at radius 1 is 1.29 bits per heavy atom. The second-order valence-corrected chi connectivity index (χ2v) is 4.07. The first-order chi connectivity index (χ1) is 8.36. The average Bonchev–Trinajstić information content (AvgIpc) is 2.38. The van der Waals surface area contributed by atoms with Crippen molar-refractivity contribution in [1.82, 2.24) is 10.2 Å². The van der Waals surface area contributed by atoms with Crippen LogP contribution in [0.25, 0.3) is 0 Å². The van der Waals surface area contributed by atoms with Crippen LogP contribution in [0.5, 0.6) is 5.75 Å². The first-order valence-corrected chi connectivity index (χ1v) is 6.02. The van der Waals surface area contributed by atoms with Crippen molar-refractivity contribution in [1.29, 1.82) is 0 Å². The van der Waals surface area contributed by atoms with Gasteiger partial charge in [0.1, 0.15) is 5.75 Å². The average molecular weight is 234 g/mol. The molecule has 0 aromatic heterocycles. The molecule has 0 atom stereocenters.